The van der Waals surface area contributed by atoms with Crippen LogP contribution in [0.1, 0.15) is 40.0 Å². The second kappa shape index (κ2) is 6.07. The molecule has 6 nitrogen and oxygen atoms in total. The van der Waals surface area contributed by atoms with E-state index in [9.17, 15) is 4.79 Å². The molecule has 2 rings (SSSR count). The van der Waals surface area contributed by atoms with E-state index in [1.165, 1.54) is 0 Å². The van der Waals surface area contributed by atoms with Crippen molar-refractivity contribution in [2.24, 2.45) is 0 Å². The standard InChI is InChI=1S/C14H21N3O3/c1-14(2,3)20-13(18)17-10-5-6-11(9-10)19-12-15-7-4-8-16-12/h4,7-8,10-11H,5-6,9H2,1-3H3,(H,17,18)/t10-,11-/m1/s1. The van der Waals surface area contributed by atoms with Gasteiger partial charge in [-0.2, -0.15) is 0 Å². The summed E-state index contributed by atoms with van der Waals surface area (Å²) in [6.45, 7) is 5.54. The highest BCUT2D eigenvalue weighted by Crippen LogP contribution is 2.23. The molecule has 0 spiro atoms. The quantitative estimate of drug-likeness (QED) is 0.919. The minimum atomic E-state index is -0.476. The third kappa shape index (κ3) is 4.68. The van der Waals surface area contributed by atoms with Gasteiger partial charge in [-0.1, -0.05) is 0 Å². The lowest BCUT2D eigenvalue weighted by molar-refractivity contribution is 0.0502. The zero-order valence-corrected chi connectivity index (χ0v) is 12.1. The van der Waals surface area contributed by atoms with Crippen molar-refractivity contribution in [1.29, 1.82) is 0 Å². The molecule has 1 heterocycles. The summed E-state index contributed by atoms with van der Waals surface area (Å²) in [6.07, 6.45) is 5.45. The van der Waals surface area contributed by atoms with Crippen molar-refractivity contribution in [3.63, 3.8) is 0 Å². The fourth-order valence-electron chi connectivity index (χ4n) is 2.15. The molecular formula is C14H21N3O3. The number of nitrogens with zero attached hydrogens (tertiary/aromatic N) is 2. The van der Waals surface area contributed by atoms with Gasteiger partial charge in [-0.3, -0.25) is 0 Å². The average molecular weight is 279 g/mol. The summed E-state index contributed by atoms with van der Waals surface area (Å²) in [5.74, 6) is 0. The number of hydrogen-bond donors (Lipinski definition) is 1. The fourth-order valence-corrected chi connectivity index (χ4v) is 2.15. The Labute approximate surface area is 118 Å². The van der Waals surface area contributed by atoms with Gasteiger partial charge in [0.25, 0.3) is 0 Å². The highest BCUT2D eigenvalue weighted by molar-refractivity contribution is 5.68. The maximum absolute atomic E-state index is 11.7. The minimum absolute atomic E-state index is 0.0392. The van der Waals surface area contributed by atoms with Gasteiger partial charge in [0.15, 0.2) is 0 Å². The molecule has 1 N–H and O–H groups in total. The van der Waals surface area contributed by atoms with Crippen molar-refractivity contribution in [3.05, 3.63) is 18.5 Å². The number of nitrogens with one attached hydrogen (secondary N) is 1. The van der Waals surface area contributed by atoms with Crippen LogP contribution in [0.15, 0.2) is 18.5 Å². The van der Waals surface area contributed by atoms with E-state index in [1.807, 2.05) is 20.8 Å². The maximum Gasteiger partial charge on any atom is 0.407 e. The van der Waals surface area contributed by atoms with E-state index >= 15 is 0 Å². The Morgan fingerprint density at radius 3 is 2.65 bits per heavy atom. The molecule has 0 aliphatic heterocycles. The van der Waals surface area contributed by atoms with Gasteiger partial charge in [0.2, 0.25) is 0 Å². The predicted octanol–water partition coefficient (Wildman–Crippen LogP) is 2.30. The second-order valence-electron chi connectivity index (χ2n) is 5.93. The van der Waals surface area contributed by atoms with Gasteiger partial charge >= 0.3 is 12.1 Å². The summed E-state index contributed by atoms with van der Waals surface area (Å²) in [5.41, 5.74) is -0.476. The van der Waals surface area contributed by atoms with E-state index in [2.05, 4.69) is 15.3 Å². The van der Waals surface area contributed by atoms with Crippen LogP contribution in [-0.4, -0.2) is 33.8 Å². The molecule has 1 amide bonds. The number of carbonyl (C=O) groups is 1. The first-order valence-corrected chi connectivity index (χ1v) is 6.85. The minimum Gasteiger partial charge on any atom is -0.460 e. The van der Waals surface area contributed by atoms with Crippen LogP contribution in [0.25, 0.3) is 0 Å². The Kier molecular flexibility index (Phi) is 4.42. The number of amides is 1. The molecular weight excluding hydrogens is 258 g/mol. The van der Waals surface area contributed by atoms with Crippen LogP contribution in [0.5, 0.6) is 6.01 Å². The molecule has 0 bridgehead atoms. The molecule has 1 saturated carbocycles. The summed E-state index contributed by atoms with van der Waals surface area (Å²) in [4.78, 5) is 19.7. The molecule has 1 aliphatic carbocycles. The first kappa shape index (κ1) is 14.6. The molecule has 6 heteroatoms. The van der Waals surface area contributed by atoms with Crippen molar-refractivity contribution in [3.8, 4) is 6.01 Å². The zero-order valence-electron chi connectivity index (χ0n) is 12.1. The van der Waals surface area contributed by atoms with Crippen molar-refractivity contribution >= 4 is 6.09 Å². The molecule has 0 radical (unpaired) electrons. The van der Waals surface area contributed by atoms with E-state index in [0.29, 0.717) is 6.01 Å². The van der Waals surface area contributed by atoms with E-state index < -0.39 is 5.60 Å². The normalized spacial score (nSPS) is 22.4. The Bertz CT molecular complexity index is 445. The summed E-state index contributed by atoms with van der Waals surface area (Å²) in [5, 5.41) is 2.87. The molecule has 1 fully saturated rings. The number of aromatic nitrogens is 2. The molecule has 1 aromatic heterocycles. The second-order valence-corrected chi connectivity index (χ2v) is 5.93. The van der Waals surface area contributed by atoms with Crippen LogP contribution >= 0.6 is 0 Å². The topological polar surface area (TPSA) is 73.3 Å². The third-order valence-electron chi connectivity index (χ3n) is 2.92. The monoisotopic (exact) mass is 279 g/mol. The molecule has 0 saturated heterocycles. The van der Waals surface area contributed by atoms with Crippen LogP contribution in [0.4, 0.5) is 4.79 Å². The van der Waals surface area contributed by atoms with E-state index in [0.717, 1.165) is 19.3 Å². The zero-order chi connectivity index (χ0) is 14.6. The third-order valence-corrected chi connectivity index (χ3v) is 2.92. The van der Waals surface area contributed by atoms with Gasteiger partial charge in [0.1, 0.15) is 11.7 Å². The number of rotatable bonds is 3. The molecule has 0 unspecified atom stereocenters. The van der Waals surface area contributed by atoms with Crippen molar-refractivity contribution in [1.82, 2.24) is 15.3 Å². The van der Waals surface area contributed by atoms with Crippen molar-refractivity contribution in [2.75, 3.05) is 0 Å². The first-order chi connectivity index (χ1) is 9.42. The van der Waals surface area contributed by atoms with Crippen LogP contribution < -0.4 is 10.1 Å². The average Bonchev–Trinajstić information content (AvgIpc) is 2.75. The highest BCUT2D eigenvalue weighted by Gasteiger charge is 2.29. The lowest BCUT2D eigenvalue weighted by Gasteiger charge is -2.21. The lowest BCUT2D eigenvalue weighted by Crippen LogP contribution is -2.38. The number of alkyl carbamates (subject to hydrolysis) is 1. The SMILES string of the molecule is CC(C)(C)OC(=O)N[C@@H]1CC[C@@H](Oc2ncccn2)C1. The Hall–Kier alpha value is -1.85. The van der Waals surface area contributed by atoms with E-state index in [1.54, 1.807) is 18.5 Å². The molecule has 1 aromatic rings. The van der Waals surface area contributed by atoms with Crippen molar-refractivity contribution < 1.29 is 14.3 Å². The summed E-state index contributed by atoms with van der Waals surface area (Å²) < 4.78 is 10.9. The lowest BCUT2D eigenvalue weighted by atomic mass is 10.2. The van der Waals surface area contributed by atoms with E-state index in [-0.39, 0.29) is 18.2 Å². The van der Waals surface area contributed by atoms with Gasteiger partial charge in [-0.15, -0.1) is 0 Å². The first-order valence-electron chi connectivity index (χ1n) is 6.85. The Morgan fingerprint density at radius 1 is 1.30 bits per heavy atom. The van der Waals surface area contributed by atoms with Crippen molar-refractivity contribution in [2.45, 2.75) is 57.8 Å². The summed E-state index contributed by atoms with van der Waals surface area (Å²) in [7, 11) is 0. The predicted molar refractivity (Wildman–Crippen MR) is 73.5 cm³/mol. The highest BCUT2D eigenvalue weighted by atomic mass is 16.6. The largest absolute Gasteiger partial charge is 0.460 e. The smallest absolute Gasteiger partial charge is 0.407 e. The molecule has 0 aromatic carbocycles. The van der Waals surface area contributed by atoms with Crippen LogP contribution in [0.2, 0.25) is 0 Å². The fraction of sp³-hybridized carbons (Fsp3) is 0.643. The van der Waals surface area contributed by atoms with Crippen LogP contribution in [0.3, 0.4) is 0 Å². The molecule has 2 atom stereocenters. The molecule has 1 aliphatic rings. The number of carbonyl (C=O) groups excluding carboxylic acids is 1. The Morgan fingerprint density at radius 2 is 2.00 bits per heavy atom. The van der Waals surface area contributed by atoms with Gasteiger partial charge in [0, 0.05) is 24.9 Å². The number of hydrogen-bond acceptors (Lipinski definition) is 5. The van der Waals surface area contributed by atoms with E-state index in [4.69, 9.17) is 9.47 Å². The van der Waals surface area contributed by atoms with Gasteiger partial charge in [0.05, 0.1) is 0 Å². The van der Waals surface area contributed by atoms with Gasteiger partial charge in [-0.05, 0) is 39.7 Å². The van der Waals surface area contributed by atoms with Crippen LogP contribution in [0, 0.1) is 0 Å². The van der Waals surface area contributed by atoms with Crippen LogP contribution in [-0.2, 0) is 4.74 Å². The summed E-state index contributed by atoms with van der Waals surface area (Å²) in [6, 6.07) is 2.21. The van der Waals surface area contributed by atoms with Gasteiger partial charge < -0.3 is 14.8 Å². The van der Waals surface area contributed by atoms with Gasteiger partial charge in [-0.25, -0.2) is 14.8 Å². The number of ether oxygens (including phenoxy) is 2. The maximum atomic E-state index is 11.7. The summed E-state index contributed by atoms with van der Waals surface area (Å²) >= 11 is 0. The molecule has 20 heavy (non-hydrogen) atoms. The molecule has 110 valence electrons. The Balaban J connectivity index is 1.77.